The molecule has 4 fully saturated rings. The molecule has 1 spiro atoms. The van der Waals surface area contributed by atoms with Crippen LogP contribution in [0.5, 0.6) is 0 Å². The van der Waals surface area contributed by atoms with E-state index in [-0.39, 0.29) is 41.5 Å². The number of amides is 1. The molecule has 0 aliphatic carbocycles. The number of anilines is 1. The zero-order chi connectivity index (χ0) is 20.7. The Balaban J connectivity index is 1.57. The molecular weight excluding hydrogens is 370 g/mol. The summed E-state index contributed by atoms with van der Waals surface area (Å²) in [4.78, 5) is 27.7. The van der Waals surface area contributed by atoms with Gasteiger partial charge in [0.25, 0.3) is 0 Å². The van der Waals surface area contributed by atoms with E-state index in [1.165, 1.54) is 23.8 Å². The molecule has 4 saturated heterocycles. The third kappa shape index (κ3) is 2.36. The molecule has 29 heavy (non-hydrogen) atoms. The summed E-state index contributed by atoms with van der Waals surface area (Å²) in [6, 6.07) is 4.17. The molecule has 6 atom stereocenters. The van der Waals surface area contributed by atoms with E-state index in [1.807, 2.05) is 11.8 Å². The fourth-order valence-corrected chi connectivity index (χ4v) is 6.46. The number of hydrogen-bond acceptors (Lipinski definition) is 5. The maximum Gasteiger partial charge on any atom is 0.305 e. The van der Waals surface area contributed by atoms with Gasteiger partial charge in [0.15, 0.2) is 0 Å². The van der Waals surface area contributed by atoms with E-state index in [0.717, 1.165) is 18.5 Å². The maximum atomic E-state index is 13.8. The largest absolute Gasteiger partial charge is 0.469 e. The second-order valence-corrected chi connectivity index (χ2v) is 9.46. The average molecular weight is 399 g/mol. The molecule has 1 amide bonds. The monoisotopic (exact) mass is 399 g/mol. The van der Waals surface area contributed by atoms with Crippen molar-refractivity contribution in [2.45, 2.75) is 64.4 Å². The number of benzene rings is 1. The van der Waals surface area contributed by atoms with Crippen LogP contribution in [0.25, 0.3) is 0 Å². The lowest BCUT2D eigenvalue weighted by Gasteiger charge is -2.42. The molecule has 5 rings (SSSR count). The molecule has 4 aliphatic heterocycles. The molecule has 0 radical (unpaired) electrons. The Morgan fingerprint density at radius 3 is 2.62 bits per heavy atom. The molecule has 1 aromatic rings. The Morgan fingerprint density at radius 2 is 1.97 bits per heavy atom. The summed E-state index contributed by atoms with van der Waals surface area (Å²) in [5, 5.41) is 0. The van der Waals surface area contributed by atoms with Crippen LogP contribution in [-0.2, 0) is 23.8 Å². The van der Waals surface area contributed by atoms with Gasteiger partial charge in [0.1, 0.15) is 6.23 Å². The molecular formula is C23H29NO5. The zero-order valence-electron chi connectivity index (χ0n) is 17.8. The summed E-state index contributed by atoms with van der Waals surface area (Å²) in [7, 11) is 1.41. The standard InChI is InChI=1S/C23H29NO5/c1-12-8-16(9-13(2)14(12)3)24-20(26)18-19-21(24)28-7-6-23(19)11-15(10-17(25)27-5)22(18,4)29-23/h8-9,15,18-19,21H,6-7,10-11H2,1-5H3/t15-,18+,19-,21-,22+,23-/m0/s1. The van der Waals surface area contributed by atoms with E-state index >= 15 is 0 Å². The van der Waals surface area contributed by atoms with Gasteiger partial charge in [0.05, 0.1) is 37.3 Å². The van der Waals surface area contributed by atoms with Crippen LogP contribution in [-0.4, -0.2) is 43.0 Å². The third-order valence-electron chi connectivity index (χ3n) is 8.12. The Kier molecular flexibility index (Phi) is 3.98. The van der Waals surface area contributed by atoms with E-state index in [4.69, 9.17) is 14.2 Å². The zero-order valence-corrected chi connectivity index (χ0v) is 17.8. The molecule has 0 unspecified atom stereocenters. The quantitative estimate of drug-likeness (QED) is 0.731. The minimum Gasteiger partial charge on any atom is -0.469 e. The fraction of sp³-hybridized carbons (Fsp3) is 0.652. The summed E-state index contributed by atoms with van der Waals surface area (Å²) in [5.41, 5.74) is 3.44. The van der Waals surface area contributed by atoms with Gasteiger partial charge in [-0.25, -0.2) is 0 Å². The van der Waals surface area contributed by atoms with E-state index in [0.29, 0.717) is 13.0 Å². The van der Waals surface area contributed by atoms with Crippen molar-refractivity contribution in [3.63, 3.8) is 0 Å². The predicted molar refractivity (Wildman–Crippen MR) is 106 cm³/mol. The first-order chi connectivity index (χ1) is 13.7. The highest BCUT2D eigenvalue weighted by Crippen LogP contribution is 2.67. The van der Waals surface area contributed by atoms with Crippen LogP contribution >= 0.6 is 0 Å². The van der Waals surface area contributed by atoms with Crippen LogP contribution in [0.3, 0.4) is 0 Å². The van der Waals surface area contributed by atoms with Crippen molar-refractivity contribution in [2.75, 3.05) is 18.6 Å². The van der Waals surface area contributed by atoms with Gasteiger partial charge in [-0.15, -0.1) is 0 Å². The molecule has 6 heteroatoms. The lowest BCUT2D eigenvalue weighted by atomic mass is 9.61. The summed E-state index contributed by atoms with van der Waals surface area (Å²) in [5.74, 6) is -0.484. The molecule has 0 saturated carbocycles. The van der Waals surface area contributed by atoms with Crippen molar-refractivity contribution in [3.8, 4) is 0 Å². The first kappa shape index (κ1) is 19.1. The van der Waals surface area contributed by atoms with Crippen molar-refractivity contribution in [3.05, 3.63) is 28.8 Å². The highest BCUT2D eigenvalue weighted by atomic mass is 16.6. The Labute approximate surface area is 171 Å². The SMILES string of the molecule is COC(=O)C[C@H]1C[C@@]23CCO[C@H]4[C@@H]2[C@H](C(=O)N4c2cc(C)c(C)c(C)c2)[C@]1(C)O3. The van der Waals surface area contributed by atoms with Crippen LogP contribution in [0.1, 0.15) is 42.9 Å². The van der Waals surface area contributed by atoms with E-state index in [9.17, 15) is 9.59 Å². The van der Waals surface area contributed by atoms with Crippen molar-refractivity contribution >= 4 is 17.6 Å². The molecule has 0 N–H and O–H groups in total. The van der Waals surface area contributed by atoms with Crippen molar-refractivity contribution < 1.29 is 23.8 Å². The Hall–Kier alpha value is -1.92. The van der Waals surface area contributed by atoms with Crippen LogP contribution in [0.2, 0.25) is 0 Å². The molecule has 0 aromatic heterocycles. The van der Waals surface area contributed by atoms with Crippen LogP contribution in [0.15, 0.2) is 12.1 Å². The molecule has 2 bridgehead atoms. The normalized spacial score (nSPS) is 39.8. The second kappa shape index (κ2) is 6.05. The average Bonchev–Trinajstić information content (AvgIpc) is 3.23. The Bertz CT molecular complexity index is 890. The first-order valence-corrected chi connectivity index (χ1v) is 10.5. The van der Waals surface area contributed by atoms with Crippen LogP contribution in [0, 0.1) is 38.5 Å². The number of fused-ring (bicyclic) bond motifs is 2. The van der Waals surface area contributed by atoms with Crippen LogP contribution in [0.4, 0.5) is 5.69 Å². The summed E-state index contributed by atoms with van der Waals surface area (Å²) < 4.78 is 17.7. The second-order valence-electron chi connectivity index (χ2n) is 9.46. The van der Waals surface area contributed by atoms with Gasteiger partial charge < -0.3 is 14.2 Å². The smallest absolute Gasteiger partial charge is 0.305 e. The highest BCUT2D eigenvalue weighted by molar-refractivity contribution is 6.00. The number of ether oxygens (including phenoxy) is 3. The summed E-state index contributed by atoms with van der Waals surface area (Å²) in [6.45, 7) is 8.84. The fourth-order valence-electron chi connectivity index (χ4n) is 6.46. The van der Waals surface area contributed by atoms with Gasteiger partial charge in [-0.3, -0.25) is 14.5 Å². The molecule has 4 heterocycles. The number of methoxy groups -OCH3 is 1. The number of aryl methyl sites for hydroxylation is 2. The lowest BCUT2D eigenvalue weighted by molar-refractivity contribution is -0.147. The molecule has 4 aliphatic rings. The summed E-state index contributed by atoms with van der Waals surface area (Å²) in [6.07, 6.45) is 1.54. The Morgan fingerprint density at radius 1 is 1.28 bits per heavy atom. The van der Waals surface area contributed by atoms with Gasteiger partial charge in [-0.1, -0.05) is 0 Å². The third-order valence-corrected chi connectivity index (χ3v) is 8.12. The van der Waals surface area contributed by atoms with Crippen molar-refractivity contribution in [1.29, 1.82) is 0 Å². The topological polar surface area (TPSA) is 65.1 Å². The highest BCUT2D eigenvalue weighted by Gasteiger charge is 2.77. The molecule has 156 valence electrons. The van der Waals surface area contributed by atoms with Gasteiger partial charge in [-0.05, 0) is 62.9 Å². The van der Waals surface area contributed by atoms with Gasteiger partial charge in [0.2, 0.25) is 5.91 Å². The number of esters is 1. The minimum absolute atomic E-state index is 0.00422. The van der Waals surface area contributed by atoms with E-state index in [1.54, 1.807) is 0 Å². The maximum absolute atomic E-state index is 13.8. The summed E-state index contributed by atoms with van der Waals surface area (Å²) >= 11 is 0. The number of nitrogens with zero attached hydrogens (tertiary/aromatic N) is 1. The van der Waals surface area contributed by atoms with Crippen LogP contribution < -0.4 is 4.90 Å². The van der Waals surface area contributed by atoms with E-state index in [2.05, 4.69) is 32.9 Å². The number of hydrogen-bond donors (Lipinski definition) is 0. The predicted octanol–water partition coefficient (Wildman–Crippen LogP) is 3.05. The minimum atomic E-state index is -0.661. The van der Waals surface area contributed by atoms with Gasteiger partial charge in [-0.2, -0.15) is 0 Å². The van der Waals surface area contributed by atoms with Crippen molar-refractivity contribution in [2.24, 2.45) is 17.8 Å². The number of carbonyl (C=O) groups is 2. The van der Waals surface area contributed by atoms with Crippen molar-refractivity contribution in [1.82, 2.24) is 0 Å². The molecule has 1 aromatic carbocycles. The number of rotatable bonds is 3. The van der Waals surface area contributed by atoms with Gasteiger partial charge in [0, 0.05) is 23.9 Å². The van der Waals surface area contributed by atoms with Gasteiger partial charge >= 0.3 is 5.97 Å². The first-order valence-electron chi connectivity index (χ1n) is 10.5. The van der Waals surface area contributed by atoms with E-state index < -0.39 is 5.60 Å². The molecule has 6 nitrogen and oxygen atoms in total. The lowest BCUT2D eigenvalue weighted by Crippen LogP contribution is -2.52. The number of carbonyl (C=O) groups excluding carboxylic acids is 2.